The monoisotopic (exact) mass is 316 g/mol. The lowest BCUT2D eigenvalue weighted by Gasteiger charge is -2.07. The van der Waals surface area contributed by atoms with E-state index in [0.29, 0.717) is 36.0 Å². The van der Waals surface area contributed by atoms with Crippen LogP contribution in [0.15, 0.2) is 30.5 Å². The van der Waals surface area contributed by atoms with Crippen LogP contribution in [0.3, 0.4) is 0 Å². The van der Waals surface area contributed by atoms with Crippen molar-refractivity contribution < 1.29 is 14.3 Å². The Labute approximate surface area is 134 Å². The van der Waals surface area contributed by atoms with Gasteiger partial charge in [-0.3, -0.25) is 14.3 Å². The number of aryl methyl sites for hydroxylation is 1. The third-order valence-electron chi connectivity index (χ3n) is 3.04. The summed E-state index contributed by atoms with van der Waals surface area (Å²) >= 11 is 0. The topological polar surface area (TPSA) is 85.2 Å². The maximum atomic E-state index is 12.4. The molecule has 1 heterocycles. The highest BCUT2D eigenvalue weighted by atomic mass is 16.5. The second-order valence-corrected chi connectivity index (χ2v) is 4.85. The van der Waals surface area contributed by atoms with E-state index < -0.39 is 0 Å². The highest BCUT2D eigenvalue weighted by molar-refractivity contribution is 6.05. The molecule has 0 fully saturated rings. The summed E-state index contributed by atoms with van der Waals surface area (Å²) in [4.78, 5) is 23.4. The lowest BCUT2D eigenvalue weighted by Crippen LogP contribution is -2.13. The minimum atomic E-state index is -0.291. The van der Waals surface area contributed by atoms with Crippen LogP contribution in [0.1, 0.15) is 31.1 Å². The number of hydrogen-bond donors (Lipinski definition) is 2. The van der Waals surface area contributed by atoms with E-state index in [0.717, 1.165) is 0 Å². The van der Waals surface area contributed by atoms with Gasteiger partial charge in [0, 0.05) is 31.0 Å². The maximum Gasteiger partial charge on any atom is 0.262 e. The molecular weight excluding hydrogens is 296 g/mol. The Morgan fingerprint density at radius 3 is 2.26 bits per heavy atom. The molecule has 0 aliphatic rings. The van der Waals surface area contributed by atoms with E-state index in [4.69, 9.17) is 4.74 Å². The van der Waals surface area contributed by atoms with Crippen LogP contribution in [0.4, 0.5) is 11.4 Å². The van der Waals surface area contributed by atoms with Gasteiger partial charge < -0.3 is 15.4 Å². The van der Waals surface area contributed by atoms with Crippen LogP contribution in [0.5, 0.6) is 5.88 Å². The molecule has 23 heavy (non-hydrogen) atoms. The molecule has 7 heteroatoms. The number of amides is 2. The van der Waals surface area contributed by atoms with Gasteiger partial charge in [0.05, 0.1) is 6.61 Å². The number of rotatable bonds is 6. The van der Waals surface area contributed by atoms with Gasteiger partial charge in [0.1, 0.15) is 5.56 Å². The second kappa shape index (κ2) is 7.44. The lowest BCUT2D eigenvalue weighted by atomic mass is 10.2. The predicted octanol–water partition coefficient (Wildman–Crippen LogP) is 2.51. The fraction of sp³-hybridized carbons (Fsp3) is 0.312. The number of anilines is 2. The van der Waals surface area contributed by atoms with E-state index in [1.165, 1.54) is 6.92 Å². The molecule has 0 unspecified atom stereocenters. The Bertz CT molecular complexity index is 692. The van der Waals surface area contributed by atoms with Gasteiger partial charge in [0.25, 0.3) is 5.91 Å². The molecule has 0 bridgehead atoms. The van der Waals surface area contributed by atoms with Crippen LogP contribution >= 0.6 is 0 Å². The zero-order valence-corrected chi connectivity index (χ0v) is 13.4. The van der Waals surface area contributed by atoms with Gasteiger partial charge in [-0.25, -0.2) is 0 Å². The van der Waals surface area contributed by atoms with Crippen molar-refractivity contribution in [2.45, 2.75) is 27.3 Å². The van der Waals surface area contributed by atoms with Crippen LogP contribution in [0, 0.1) is 0 Å². The van der Waals surface area contributed by atoms with Gasteiger partial charge in [0.2, 0.25) is 11.8 Å². The largest absolute Gasteiger partial charge is 0.476 e. The first-order valence-electron chi connectivity index (χ1n) is 7.42. The van der Waals surface area contributed by atoms with Crippen LogP contribution < -0.4 is 15.4 Å². The molecule has 7 nitrogen and oxygen atoms in total. The smallest absolute Gasteiger partial charge is 0.262 e. The summed E-state index contributed by atoms with van der Waals surface area (Å²) in [6.45, 7) is 6.31. The zero-order chi connectivity index (χ0) is 16.8. The van der Waals surface area contributed by atoms with Gasteiger partial charge in [-0.15, -0.1) is 5.10 Å². The molecule has 0 radical (unpaired) electrons. The number of carbonyl (C=O) groups excluding carboxylic acids is 2. The van der Waals surface area contributed by atoms with Gasteiger partial charge >= 0.3 is 0 Å². The summed E-state index contributed by atoms with van der Waals surface area (Å²) in [7, 11) is 0. The first-order chi connectivity index (χ1) is 11.0. The molecule has 0 saturated carbocycles. The van der Waals surface area contributed by atoms with Crippen molar-refractivity contribution in [3.8, 4) is 5.88 Å². The van der Waals surface area contributed by atoms with E-state index in [-0.39, 0.29) is 11.8 Å². The third kappa shape index (κ3) is 4.32. The molecule has 0 aliphatic carbocycles. The zero-order valence-electron chi connectivity index (χ0n) is 13.4. The fourth-order valence-corrected chi connectivity index (χ4v) is 2.00. The predicted molar refractivity (Wildman–Crippen MR) is 87.8 cm³/mol. The molecule has 2 amide bonds. The van der Waals surface area contributed by atoms with E-state index in [1.807, 2.05) is 13.8 Å². The van der Waals surface area contributed by atoms with Crippen LogP contribution in [-0.4, -0.2) is 28.2 Å². The summed E-state index contributed by atoms with van der Waals surface area (Å²) < 4.78 is 7.05. The molecule has 2 aromatic rings. The molecule has 0 saturated heterocycles. The Morgan fingerprint density at radius 2 is 1.74 bits per heavy atom. The van der Waals surface area contributed by atoms with Crippen molar-refractivity contribution in [2.24, 2.45) is 0 Å². The van der Waals surface area contributed by atoms with Crippen molar-refractivity contribution in [3.63, 3.8) is 0 Å². The van der Waals surface area contributed by atoms with Crippen LogP contribution in [-0.2, 0) is 11.3 Å². The summed E-state index contributed by atoms with van der Waals surface area (Å²) in [5.74, 6) is -0.114. The molecule has 122 valence electrons. The van der Waals surface area contributed by atoms with Crippen LogP contribution in [0.25, 0.3) is 0 Å². The van der Waals surface area contributed by atoms with Crippen LogP contribution in [0.2, 0.25) is 0 Å². The number of nitrogens with zero attached hydrogens (tertiary/aromatic N) is 2. The molecule has 0 aliphatic heterocycles. The first kappa shape index (κ1) is 16.5. The number of benzene rings is 1. The fourth-order valence-electron chi connectivity index (χ4n) is 2.00. The Morgan fingerprint density at radius 1 is 1.13 bits per heavy atom. The van der Waals surface area contributed by atoms with Crippen molar-refractivity contribution in [2.75, 3.05) is 17.2 Å². The van der Waals surface area contributed by atoms with Gasteiger partial charge in [-0.05, 0) is 38.1 Å². The van der Waals surface area contributed by atoms with Crippen molar-refractivity contribution >= 4 is 23.2 Å². The average molecular weight is 316 g/mol. The molecule has 2 N–H and O–H groups in total. The van der Waals surface area contributed by atoms with E-state index in [1.54, 1.807) is 35.1 Å². The van der Waals surface area contributed by atoms with Crippen molar-refractivity contribution in [1.82, 2.24) is 9.78 Å². The molecule has 0 spiro atoms. The minimum Gasteiger partial charge on any atom is -0.476 e. The molecule has 1 aromatic heterocycles. The Balaban J connectivity index is 2.12. The number of aromatic nitrogens is 2. The average Bonchev–Trinajstić information content (AvgIpc) is 2.92. The highest BCUT2D eigenvalue weighted by Crippen LogP contribution is 2.19. The van der Waals surface area contributed by atoms with E-state index in [2.05, 4.69) is 15.7 Å². The summed E-state index contributed by atoms with van der Waals surface area (Å²) in [6.07, 6.45) is 1.66. The normalized spacial score (nSPS) is 10.2. The number of nitrogens with one attached hydrogen (secondary N) is 2. The molecule has 2 rings (SSSR count). The number of ether oxygens (including phenoxy) is 1. The Kier molecular flexibility index (Phi) is 5.35. The van der Waals surface area contributed by atoms with E-state index in [9.17, 15) is 9.59 Å². The molecule has 0 atom stereocenters. The third-order valence-corrected chi connectivity index (χ3v) is 3.04. The summed E-state index contributed by atoms with van der Waals surface area (Å²) in [5, 5.41) is 9.67. The minimum absolute atomic E-state index is 0.143. The first-order valence-corrected chi connectivity index (χ1v) is 7.42. The summed E-state index contributed by atoms with van der Waals surface area (Å²) in [6, 6.07) is 6.87. The standard InChI is InChI=1S/C16H20N4O3/c1-4-20-10-14(16(19-20)23-5-2)15(22)18-13-8-6-12(7-9-13)17-11(3)21/h6-10H,4-5H2,1-3H3,(H,17,21)(H,18,22). The lowest BCUT2D eigenvalue weighted by molar-refractivity contribution is -0.114. The highest BCUT2D eigenvalue weighted by Gasteiger charge is 2.17. The number of carbonyl (C=O) groups is 2. The van der Waals surface area contributed by atoms with Gasteiger partial charge in [0.15, 0.2) is 0 Å². The quantitative estimate of drug-likeness (QED) is 0.857. The molecular formula is C16H20N4O3. The summed E-state index contributed by atoms with van der Waals surface area (Å²) in [5.41, 5.74) is 1.68. The second-order valence-electron chi connectivity index (χ2n) is 4.85. The van der Waals surface area contributed by atoms with E-state index >= 15 is 0 Å². The van der Waals surface area contributed by atoms with Crippen molar-refractivity contribution in [3.05, 3.63) is 36.0 Å². The van der Waals surface area contributed by atoms with Crippen molar-refractivity contribution in [1.29, 1.82) is 0 Å². The van der Waals surface area contributed by atoms with Gasteiger partial charge in [-0.1, -0.05) is 0 Å². The Hall–Kier alpha value is -2.83. The molecule has 1 aromatic carbocycles. The SMILES string of the molecule is CCOc1nn(CC)cc1C(=O)Nc1ccc(NC(C)=O)cc1. The maximum absolute atomic E-state index is 12.4. The number of hydrogen-bond acceptors (Lipinski definition) is 4. The van der Waals surface area contributed by atoms with Gasteiger partial charge in [-0.2, -0.15) is 0 Å².